The molecule has 0 unspecified atom stereocenters. The van der Waals surface area contributed by atoms with Gasteiger partial charge in [-0.25, -0.2) is 4.79 Å². The number of nitrogens with zero attached hydrogens (tertiary/aromatic N) is 1. The van der Waals surface area contributed by atoms with Crippen molar-refractivity contribution >= 4 is 29.3 Å². The minimum atomic E-state index is -0.934. The summed E-state index contributed by atoms with van der Waals surface area (Å²) in [5, 5.41) is 8.65. The molecule has 0 amide bonds. The highest BCUT2D eigenvalue weighted by molar-refractivity contribution is 6.18. The van der Waals surface area contributed by atoms with Gasteiger partial charge in [-0.1, -0.05) is 0 Å². The first-order chi connectivity index (χ1) is 8.99. The van der Waals surface area contributed by atoms with Crippen LogP contribution in [0.5, 0.6) is 0 Å². The minimum absolute atomic E-state index is 0.591. The molecule has 0 heterocycles. The van der Waals surface area contributed by atoms with Crippen molar-refractivity contribution in [3.63, 3.8) is 0 Å². The SMILES string of the molecule is CCN(CCCl)c1c(C)cc(C=CC(=O)O)cc1C. The van der Waals surface area contributed by atoms with Crippen LogP contribution < -0.4 is 4.90 Å². The van der Waals surface area contributed by atoms with E-state index in [-0.39, 0.29) is 0 Å². The lowest BCUT2D eigenvalue weighted by molar-refractivity contribution is -0.131. The predicted octanol–water partition coefficient (Wildman–Crippen LogP) is 3.47. The average molecular weight is 282 g/mol. The summed E-state index contributed by atoms with van der Waals surface area (Å²) < 4.78 is 0. The fourth-order valence-corrected chi connectivity index (χ4v) is 2.49. The normalized spacial score (nSPS) is 10.9. The van der Waals surface area contributed by atoms with Crippen molar-refractivity contribution in [1.29, 1.82) is 0 Å². The molecule has 3 nitrogen and oxygen atoms in total. The van der Waals surface area contributed by atoms with Crippen molar-refractivity contribution < 1.29 is 9.90 Å². The summed E-state index contributed by atoms with van der Waals surface area (Å²) in [4.78, 5) is 12.8. The zero-order valence-corrected chi connectivity index (χ0v) is 12.4. The van der Waals surface area contributed by atoms with E-state index in [1.807, 2.05) is 26.0 Å². The van der Waals surface area contributed by atoms with Gasteiger partial charge in [0, 0.05) is 30.7 Å². The van der Waals surface area contributed by atoms with Gasteiger partial charge in [0.05, 0.1) is 0 Å². The Morgan fingerprint density at radius 2 is 1.95 bits per heavy atom. The van der Waals surface area contributed by atoms with Crippen molar-refractivity contribution in [2.75, 3.05) is 23.9 Å². The van der Waals surface area contributed by atoms with E-state index in [0.29, 0.717) is 5.88 Å². The molecule has 0 aliphatic heterocycles. The molecule has 0 atom stereocenters. The fraction of sp³-hybridized carbons (Fsp3) is 0.400. The van der Waals surface area contributed by atoms with E-state index in [1.54, 1.807) is 6.08 Å². The van der Waals surface area contributed by atoms with Gasteiger partial charge in [-0.3, -0.25) is 0 Å². The Hall–Kier alpha value is -1.48. The van der Waals surface area contributed by atoms with Crippen LogP contribution in [-0.4, -0.2) is 30.0 Å². The molecule has 0 aromatic heterocycles. The van der Waals surface area contributed by atoms with Crippen molar-refractivity contribution in [1.82, 2.24) is 0 Å². The second-order valence-corrected chi connectivity index (χ2v) is 4.82. The van der Waals surface area contributed by atoms with Crippen LogP contribution >= 0.6 is 11.6 Å². The van der Waals surface area contributed by atoms with E-state index < -0.39 is 5.97 Å². The molecule has 0 fully saturated rings. The second kappa shape index (κ2) is 7.19. The van der Waals surface area contributed by atoms with E-state index in [4.69, 9.17) is 16.7 Å². The fourth-order valence-electron chi connectivity index (χ4n) is 2.28. The maximum absolute atomic E-state index is 10.5. The third-order valence-corrected chi connectivity index (χ3v) is 3.15. The van der Waals surface area contributed by atoms with Crippen LogP contribution in [-0.2, 0) is 4.79 Å². The average Bonchev–Trinajstić information content (AvgIpc) is 2.34. The lowest BCUT2D eigenvalue weighted by Crippen LogP contribution is -2.26. The molecule has 0 aliphatic rings. The monoisotopic (exact) mass is 281 g/mol. The molecule has 0 aliphatic carbocycles. The van der Waals surface area contributed by atoms with E-state index in [0.717, 1.165) is 35.9 Å². The Balaban J connectivity index is 3.12. The largest absolute Gasteiger partial charge is 0.478 e. The summed E-state index contributed by atoms with van der Waals surface area (Å²) in [6, 6.07) is 4.00. The summed E-state index contributed by atoms with van der Waals surface area (Å²) in [6.07, 6.45) is 2.77. The zero-order chi connectivity index (χ0) is 14.4. The third-order valence-electron chi connectivity index (χ3n) is 2.98. The van der Waals surface area contributed by atoms with Crippen LogP contribution in [0.2, 0.25) is 0 Å². The molecule has 0 spiro atoms. The van der Waals surface area contributed by atoms with Gasteiger partial charge in [-0.2, -0.15) is 0 Å². The van der Waals surface area contributed by atoms with Gasteiger partial charge in [0.1, 0.15) is 0 Å². The molecule has 0 radical (unpaired) electrons. The summed E-state index contributed by atoms with van der Waals surface area (Å²) in [6.45, 7) is 7.89. The van der Waals surface area contributed by atoms with Gasteiger partial charge in [0.25, 0.3) is 0 Å². The Labute approximate surface area is 119 Å². The predicted molar refractivity (Wildman–Crippen MR) is 81.2 cm³/mol. The van der Waals surface area contributed by atoms with Gasteiger partial charge in [-0.15, -0.1) is 11.6 Å². The highest BCUT2D eigenvalue weighted by Crippen LogP contribution is 2.27. The van der Waals surface area contributed by atoms with Gasteiger partial charge >= 0.3 is 5.97 Å². The lowest BCUT2D eigenvalue weighted by atomic mass is 10.0. The van der Waals surface area contributed by atoms with Crippen LogP contribution in [0.15, 0.2) is 18.2 Å². The molecule has 1 rings (SSSR count). The number of rotatable bonds is 6. The second-order valence-electron chi connectivity index (χ2n) is 4.44. The third kappa shape index (κ3) is 4.28. The Bertz CT molecular complexity index is 460. The Kier molecular flexibility index (Phi) is 5.90. The molecule has 0 saturated heterocycles. The number of alkyl halides is 1. The summed E-state index contributed by atoms with van der Waals surface area (Å²) in [5.74, 6) is -0.343. The number of hydrogen-bond donors (Lipinski definition) is 1. The number of aliphatic carboxylic acids is 1. The number of carboxylic acids is 1. The molecule has 0 saturated carbocycles. The highest BCUT2D eigenvalue weighted by Gasteiger charge is 2.10. The van der Waals surface area contributed by atoms with Gasteiger partial charge < -0.3 is 10.0 Å². The smallest absolute Gasteiger partial charge is 0.328 e. The Morgan fingerprint density at radius 3 is 2.37 bits per heavy atom. The quantitative estimate of drug-likeness (QED) is 0.641. The molecule has 1 N–H and O–H groups in total. The number of hydrogen-bond acceptors (Lipinski definition) is 2. The van der Waals surface area contributed by atoms with Gasteiger partial charge in [0.15, 0.2) is 0 Å². The summed E-state index contributed by atoms with van der Waals surface area (Å²) in [7, 11) is 0. The number of benzene rings is 1. The van der Waals surface area contributed by atoms with Crippen LogP contribution in [0.1, 0.15) is 23.6 Å². The molecule has 1 aromatic carbocycles. The van der Waals surface area contributed by atoms with E-state index in [9.17, 15) is 4.79 Å². The van der Waals surface area contributed by atoms with E-state index >= 15 is 0 Å². The topological polar surface area (TPSA) is 40.5 Å². The van der Waals surface area contributed by atoms with Crippen LogP contribution in [0.4, 0.5) is 5.69 Å². The molecular weight excluding hydrogens is 262 g/mol. The van der Waals surface area contributed by atoms with Gasteiger partial charge in [0.2, 0.25) is 0 Å². The number of carbonyl (C=O) groups is 1. The minimum Gasteiger partial charge on any atom is -0.478 e. The molecule has 4 heteroatoms. The number of carboxylic acid groups (broad SMARTS) is 1. The van der Waals surface area contributed by atoms with E-state index in [2.05, 4.69) is 11.8 Å². The molecule has 1 aromatic rings. The molecule has 19 heavy (non-hydrogen) atoms. The van der Waals surface area contributed by atoms with E-state index in [1.165, 1.54) is 5.69 Å². The van der Waals surface area contributed by atoms with Gasteiger partial charge in [-0.05, 0) is 55.7 Å². The van der Waals surface area contributed by atoms with Crippen molar-refractivity contribution in [2.45, 2.75) is 20.8 Å². The standard InChI is InChI=1S/C15H20ClNO2/c1-4-17(8-7-16)15-11(2)9-13(10-12(15)3)5-6-14(18)19/h5-6,9-10H,4,7-8H2,1-3H3,(H,18,19). The van der Waals surface area contributed by atoms with Crippen LogP contribution in [0.25, 0.3) is 6.08 Å². The highest BCUT2D eigenvalue weighted by atomic mass is 35.5. The first-order valence-electron chi connectivity index (χ1n) is 6.32. The van der Waals surface area contributed by atoms with Crippen molar-refractivity contribution in [3.05, 3.63) is 34.9 Å². The van der Waals surface area contributed by atoms with Crippen LogP contribution in [0.3, 0.4) is 0 Å². The maximum Gasteiger partial charge on any atom is 0.328 e. The number of aryl methyl sites for hydroxylation is 2. The number of anilines is 1. The molecule has 104 valence electrons. The molecule has 0 bridgehead atoms. The first kappa shape index (κ1) is 15.6. The number of halogens is 1. The maximum atomic E-state index is 10.5. The first-order valence-corrected chi connectivity index (χ1v) is 6.86. The van der Waals surface area contributed by atoms with Crippen LogP contribution in [0, 0.1) is 13.8 Å². The van der Waals surface area contributed by atoms with Crippen molar-refractivity contribution in [2.24, 2.45) is 0 Å². The summed E-state index contributed by atoms with van der Waals surface area (Å²) in [5.41, 5.74) is 4.37. The lowest BCUT2D eigenvalue weighted by Gasteiger charge is -2.26. The Morgan fingerprint density at radius 1 is 1.37 bits per heavy atom. The summed E-state index contributed by atoms with van der Waals surface area (Å²) >= 11 is 5.83. The molecular formula is C15H20ClNO2. The zero-order valence-electron chi connectivity index (χ0n) is 11.6. The van der Waals surface area contributed by atoms with Crippen molar-refractivity contribution in [3.8, 4) is 0 Å².